The van der Waals surface area contributed by atoms with Gasteiger partial charge in [0.1, 0.15) is 11.9 Å². The summed E-state index contributed by atoms with van der Waals surface area (Å²) in [5, 5.41) is 0. The second-order valence-corrected chi connectivity index (χ2v) is 10.3. The van der Waals surface area contributed by atoms with Gasteiger partial charge in [-0.3, -0.25) is 0 Å². The molecule has 2 aromatic rings. The van der Waals surface area contributed by atoms with E-state index in [9.17, 15) is 13.2 Å². The van der Waals surface area contributed by atoms with Crippen molar-refractivity contribution in [3.05, 3.63) is 77.1 Å². The lowest BCUT2D eigenvalue weighted by molar-refractivity contribution is 0.192. The van der Waals surface area contributed by atoms with E-state index in [-0.39, 0.29) is 29.5 Å². The lowest BCUT2D eigenvalue weighted by Gasteiger charge is -2.29. The van der Waals surface area contributed by atoms with Gasteiger partial charge in [-0.15, -0.1) is 6.58 Å². The van der Waals surface area contributed by atoms with Crippen LogP contribution in [0.15, 0.2) is 43.0 Å². The van der Waals surface area contributed by atoms with Gasteiger partial charge in [-0.2, -0.15) is 4.39 Å². The summed E-state index contributed by atoms with van der Waals surface area (Å²) in [6.45, 7) is 4.82. The first-order valence-corrected chi connectivity index (χ1v) is 12.7. The zero-order valence-electron chi connectivity index (χ0n) is 19.6. The van der Waals surface area contributed by atoms with Gasteiger partial charge < -0.3 is 9.47 Å². The van der Waals surface area contributed by atoms with Crippen molar-refractivity contribution >= 4 is 0 Å². The summed E-state index contributed by atoms with van der Waals surface area (Å²) in [5.41, 5.74) is 2.15. The van der Waals surface area contributed by atoms with Crippen LogP contribution in [0.5, 0.6) is 5.75 Å². The molecule has 5 rings (SSSR count). The molecule has 0 radical (unpaired) electrons. The minimum absolute atomic E-state index is 0.00288. The van der Waals surface area contributed by atoms with Crippen LogP contribution in [0.3, 0.4) is 0 Å². The van der Waals surface area contributed by atoms with Crippen LogP contribution < -0.4 is 4.74 Å². The zero-order chi connectivity index (χ0) is 23.7. The smallest absolute Gasteiger partial charge is 0.200 e. The van der Waals surface area contributed by atoms with Gasteiger partial charge in [0.05, 0.1) is 13.2 Å². The molecule has 0 amide bonds. The number of halogens is 3. The Morgan fingerprint density at radius 1 is 0.853 bits per heavy atom. The maximum absolute atomic E-state index is 14.8. The highest BCUT2D eigenvalue weighted by Crippen LogP contribution is 2.40. The molecule has 0 N–H and O–H groups in total. The third-order valence-electron chi connectivity index (χ3n) is 8.12. The van der Waals surface area contributed by atoms with Crippen molar-refractivity contribution in [2.75, 3.05) is 13.2 Å². The molecule has 1 atom stereocenters. The van der Waals surface area contributed by atoms with Crippen LogP contribution in [0.4, 0.5) is 13.2 Å². The molecule has 1 aliphatic heterocycles. The lowest BCUT2D eigenvalue weighted by Crippen LogP contribution is -2.20. The van der Waals surface area contributed by atoms with Crippen LogP contribution in [0.1, 0.15) is 86.0 Å². The number of hydrogen-bond acceptors (Lipinski definition) is 2. The van der Waals surface area contributed by atoms with Gasteiger partial charge in [-0.25, -0.2) is 8.78 Å². The average Bonchev–Trinajstić information content (AvgIpc) is 3.71. The van der Waals surface area contributed by atoms with Gasteiger partial charge in [0.25, 0.3) is 0 Å². The number of rotatable bonds is 7. The Morgan fingerprint density at radius 3 is 2.18 bits per heavy atom. The molecule has 1 heterocycles. The summed E-state index contributed by atoms with van der Waals surface area (Å²) in [6, 6.07) is 8.82. The average molecular weight is 471 g/mol. The summed E-state index contributed by atoms with van der Waals surface area (Å²) >= 11 is 0. The van der Waals surface area contributed by atoms with E-state index in [4.69, 9.17) is 9.47 Å². The molecule has 1 saturated heterocycles. The van der Waals surface area contributed by atoms with Crippen LogP contribution in [0.2, 0.25) is 0 Å². The minimum atomic E-state index is -0.868. The van der Waals surface area contributed by atoms with E-state index in [2.05, 4.69) is 6.58 Å². The van der Waals surface area contributed by atoms with Crippen molar-refractivity contribution in [3.8, 4) is 5.75 Å². The molecule has 34 heavy (non-hydrogen) atoms. The molecular weight excluding hydrogens is 437 g/mol. The fourth-order valence-electron chi connectivity index (χ4n) is 5.80. The number of benzene rings is 2. The van der Waals surface area contributed by atoms with Crippen LogP contribution in [-0.4, -0.2) is 13.2 Å². The number of hydrogen-bond donors (Lipinski definition) is 0. The molecule has 2 aliphatic carbocycles. The summed E-state index contributed by atoms with van der Waals surface area (Å²) in [6.07, 6.45) is 9.29. The highest BCUT2D eigenvalue weighted by atomic mass is 19.2. The Morgan fingerprint density at radius 2 is 1.53 bits per heavy atom. The summed E-state index contributed by atoms with van der Waals surface area (Å²) < 4.78 is 54.9. The van der Waals surface area contributed by atoms with Crippen LogP contribution in [0, 0.1) is 29.3 Å². The topological polar surface area (TPSA) is 21.8 Å². The van der Waals surface area contributed by atoms with Gasteiger partial charge >= 0.3 is 0 Å². The van der Waals surface area contributed by atoms with Crippen molar-refractivity contribution in [2.24, 2.45) is 11.8 Å². The lowest BCUT2D eigenvalue weighted by atomic mass is 9.78. The standard InChI is InChI=1S/C29H33F3O2/c1-2-18-3-9-21(10-4-18)23-13-14-26(29(32)28(23)31)33-16-19-5-7-20(8-6-19)22-11-12-24(25(30)15-22)27-17-34-27/h2,11-15,18-21,27H,1,3-10,16-17H2. The van der Waals surface area contributed by atoms with Gasteiger partial charge in [0.15, 0.2) is 11.6 Å². The van der Waals surface area contributed by atoms with Crippen LogP contribution in [-0.2, 0) is 4.74 Å². The Labute approximate surface area is 200 Å². The first kappa shape index (κ1) is 23.5. The normalized spacial score (nSPS) is 29.0. The summed E-state index contributed by atoms with van der Waals surface area (Å²) in [7, 11) is 0. The molecule has 0 bridgehead atoms. The second-order valence-electron chi connectivity index (χ2n) is 10.3. The zero-order valence-corrected chi connectivity index (χ0v) is 19.6. The van der Waals surface area contributed by atoms with Crippen LogP contribution in [0.25, 0.3) is 0 Å². The molecule has 1 unspecified atom stereocenters. The largest absolute Gasteiger partial charge is 0.490 e. The number of epoxide rings is 1. The van der Waals surface area contributed by atoms with Gasteiger partial charge in [-0.1, -0.05) is 24.3 Å². The van der Waals surface area contributed by atoms with Gasteiger partial charge in [-0.05, 0) is 98.3 Å². The van der Waals surface area contributed by atoms with Crippen LogP contribution >= 0.6 is 0 Å². The summed E-state index contributed by atoms with van der Waals surface area (Å²) in [4.78, 5) is 0. The fraction of sp³-hybridized carbons (Fsp3) is 0.517. The Hall–Kier alpha value is -2.27. The third-order valence-corrected chi connectivity index (χ3v) is 8.12. The van der Waals surface area contributed by atoms with E-state index < -0.39 is 11.6 Å². The molecule has 0 spiro atoms. The fourth-order valence-corrected chi connectivity index (χ4v) is 5.80. The first-order chi connectivity index (χ1) is 16.5. The van der Waals surface area contributed by atoms with Gasteiger partial charge in [0, 0.05) is 5.56 Å². The molecule has 2 aromatic carbocycles. The van der Waals surface area contributed by atoms with E-state index in [1.807, 2.05) is 18.2 Å². The van der Waals surface area contributed by atoms with E-state index in [0.717, 1.165) is 56.9 Å². The predicted octanol–water partition coefficient (Wildman–Crippen LogP) is 7.99. The van der Waals surface area contributed by atoms with E-state index >= 15 is 0 Å². The molecule has 0 aromatic heterocycles. The van der Waals surface area contributed by atoms with Crippen molar-refractivity contribution in [3.63, 3.8) is 0 Å². The third kappa shape index (κ3) is 5.05. The molecule has 182 valence electrons. The van der Waals surface area contributed by atoms with E-state index in [1.54, 1.807) is 18.2 Å². The minimum Gasteiger partial charge on any atom is -0.490 e. The Bertz CT molecular complexity index is 1020. The van der Waals surface area contributed by atoms with Crippen molar-refractivity contribution in [1.29, 1.82) is 0 Å². The molecule has 2 saturated carbocycles. The van der Waals surface area contributed by atoms with E-state index in [0.29, 0.717) is 36.2 Å². The first-order valence-electron chi connectivity index (χ1n) is 12.7. The molecular formula is C29H33F3O2. The Balaban J connectivity index is 1.14. The quantitative estimate of drug-likeness (QED) is 0.302. The number of ether oxygens (including phenoxy) is 2. The maximum Gasteiger partial charge on any atom is 0.200 e. The molecule has 3 aliphatic rings. The van der Waals surface area contributed by atoms with Crippen molar-refractivity contribution < 1.29 is 22.6 Å². The van der Waals surface area contributed by atoms with Crippen molar-refractivity contribution in [1.82, 2.24) is 0 Å². The highest BCUT2D eigenvalue weighted by molar-refractivity contribution is 5.34. The monoisotopic (exact) mass is 470 g/mol. The molecule has 2 nitrogen and oxygen atoms in total. The predicted molar refractivity (Wildman–Crippen MR) is 127 cm³/mol. The van der Waals surface area contributed by atoms with Gasteiger partial charge in [0.2, 0.25) is 5.82 Å². The molecule has 3 fully saturated rings. The van der Waals surface area contributed by atoms with E-state index in [1.165, 1.54) is 0 Å². The highest BCUT2D eigenvalue weighted by Gasteiger charge is 2.30. The maximum atomic E-state index is 14.8. The second kappa shape index (κ2) is 10.2. The molecule has 5 heteroatoms. The summed E-state index contributed by atoms with van der Waals surface area (Å²) in [5.74, 6) is -0.648. The SMILES string of the molecule is C=CC1CCC(c2ccc(OCC3CCC(c4ccc(C5CO5)c(F)c4)CC3)c(F)c2F)CC1. The number of allylic oxidation sites excluding steroid dienone is 1. The Kier molecular flexibility index (Phi) is 7.01. The van der Waals surface area contributed by atoms with Crippen molar-refractivity contribution in [2.45, 2.75) is 69.3 Å².